The van der Waals surface area contributed by atoms with Gasteiger partial charge in [0.25, 0.3) is 0 Å². The maximum Gasteiger partial charge on any atom is 0.223 e. The lowest BCUT2D eigenvalue weighted by atomic mass is 9.89. The smallest absolute Gasteiger partial charge is 0.223 e. The molecular weight excluding hydrogens is 443 g/mol. The van der Waals surface area contributed by atoms with Crippen molar-refractivity contribution >= 4 is 35.8 Å². The molecule has 146 valence electrons. The monoisotopic (exact) mass is 474 g/mol. The number of halogens is 1. The van der Waals surface area contributed by atoms with Gasteiger partial charge in [0.15, 0.2) is 5.96 Å². The van der Waals surface area contributed by atoms with Crippen LogP contribution in [0.5, 0.6) is 5.75 Å². The van der Waals surface area contributed by atoms with Gasteiger partial charge >= 0.3 is 0 Å². The normalized spacial score (nSPS) is 14.9. The fourth-order valence-electron chi connectivity index (χ4n) is 2.95. The fourth-order valence-corrected chi connectivity index (χ4v) is 2.95. The number of guanidine groups is 1. The SMILES string of the molecule is CN=C(NCCNC(=O)C1CCCCC1)NCCOc1ccccc1.I. The Morgan fingerprint density at radius 2 is 1.69 bits per heavy atom. The zero-order valence-electron chi connectivity index (χ0n) is 15.5. The number of hydrogen-bond acceptors (Lipinski definition) is 3. The van der Waals surface area contributed by atoms with Crippen LogP contribution in [0.4, 0.5) is 0 Å². The first-order valence-corrected chi connectivity index (χ1v) is 9.19. The number of aliphatic imine (C=N–C) groups is 1. The van der Waals surface area contributed by atoms with Crippen molar-refractivity contribution < 1.29 is 9.53 Å². The number of carbonyl (C=O) groups excluding carboxylic acids is 1. The van der Waals surface area contributed by atoms with Crippen LogP contribution in [0.2, 0.25) is 0 Å². The minimum absolute atomic E-state index is 0. The van der Waals surface area contributed by atoms with Crippen LogP contribution in [0.1, 0.15) is 32.1 Å². The van der Waals surface area contributed by atoms with E-state index in [9.17, 15) is 4.79 Å². The highest BCUT2D eigenvalue weighted by molar-refractivity contribution is 14.0. The molecule has 3 N–H and O–H groups in total. The molecule has 1 fully saturated rings. The molecule has 7 heteroatoms. The first-order chi connectivity index (χ1) is 12.3. The maximum atomic E-state index is 12.1. The molecule has 26 heavy (non-hydrogen) atoms. The number of carbonyl (C=O) groups is 1. The summed E-state index contributed by atoms with van der Waals surface area (Å²) in [4.78, 5) is 16.2. The van der Waals surface area contributed by atoms with Crippen LogP contribution in [0.25, 0.3) is 0 Å². The fraction of sp³-hybridized carbons (Fsp3) is 0.579. The van der Waals surface area contributed by atoms with Crippen LogP contribution in [-0.2, 0) is 4.79 Å². The molecule has 0 heterocycles. The number of ether oxygens (including phenoxy) is 1. The van der Waals surface area contributed by atoms with Gasteiger partial charge in [0, 0.05) is 26.1 Å². The highest BCUT2D eigenvalue weighted by Crippen LogP contribution is 2.23. The zero-order valence-corrected chi connectivity index (χ0v) is 17.8. The summed E-state index contributed by atoms with van der Waals surface area (Å²) in [5, 5.41) is 9.40. The van der Waals surface area contributed by atoms with Crippen molar-refractivity contribution in [3.05, 3.63) is 30.3 Å². The van der Waals surface area contributed by atoms with Crippen molar-refractivity contribution in [1.82, 2.24) is 16.0 Å². The molecule has 1 aromatic carbocycles. The van der Waals surface area contributed by atoms with Gasteiger partial charge in [0.1, 0.15) is 12.4 Å². The Balaban J connectivity index is 0.00000338. The minimum Gasteiger partial charge on any atom is -0.492 e. The van der Waals surface area contributed by atoms with Crippen LogP contribution >= 0.6 is 24.0 Å². The van der Waals surface area contributed by atoms with Crippen molar-refractivity contribution in [1.29, 1.82) is 0 Å². The summed E-state index contributed by atoms with van der Waals surface area (Å²) in [6, 6.07) is 9.73. The average Bonchev–Trinajstić information content (AvgIpc) is 2.68. The van der Waals surface area contributed by atoms with E-state index >= 15 is 0 Å². The molecule has 1 aliphatic carbocycles. The summed E-state index contributed by atoms with van der Waals surface area (Å²) < 4.78 is 5.62. The second kappa shape index (κ2) is 13.7. The molecule has 1 aromatic rings. The number of nitrogens with one attached hydrogen (secondary N) is 3. The van der Waals surface area contributed by atoms with E-state index in [-0.39, 0.29) is 35.8 Å². The topological polar surface area (TPSA) is 74.8 Å². The van der Waals surface area contributed by atoms with E-state index in [4.69, 9.17) is 4.74 Å². The summed E-state index contributed by atoms with van der Waals surface area (Å²) in [5.74, 6) is 1.98. The Bertz CT molecular complexity index is 534. The van der Waals surface area contributed by atoms with Crippen LogP contribution < -0.4 is 20.7 Å². The lowest BCUT2D eigenvalue weighted by molar-refractivity contribution is -0.125. The molecule has 0 spiro atoms. The van der Waals surface area contributed by atoms with E-state index in [0.29, 0.717) is 32.2 Å². The molecule has 0 saturated heterocycles. The number of benzene rings is 1. The van der Waals surface area contributed by atoms with E-state index in [1.54, 1.807) is 7.05 Å². The van der Waals surface area contributed by atoms with Crippen molar-refractivity contribution in [2.75, 3.05) is 33.3 Å². The van der Waals surface area contributed by atoms with Gasteiger partial charge in [-0.1, -0.05) is 37.5 Å². The first kappa shape index (κ1) is 22.5. The molecule has 1 aliphatic rings. The first-order valence-electron chi connectivity index (χ1n) is 9.19. The van der Waals surface area contributed by atoms with Gasteiger partial charge in [-0.2, -0.15) is 0 Å². The molecule has 6 nitrogen and oxygen atoms in total. The van der Waals surface area contributed by atoms with Crippen LogP contribution in [0, 0.1) is 5.92 Å². The van der Waals surface area contributed by atoms with Crippen LogP contribution in [-0.4, -0.2) is 45.2 Å². The number of hydrogen-bond donors (Lipinski definition) is 3. The van der Waals surface area contributed by atoms with E-state index in [2.05, 4.69) is 20.9 Å². The van der Waals surface area contributed by atoms with E-state index in [0.717, 1.165) is 18.6 Å². The molecule has 0 aliphatic heterocycles. The molecule has 0 aromatic heterocycles. The predicted molar refractivity (Wildman–Crippen MR) is 116 cm³/mol. The minimum atomic E-state index is 0. The van der Waals surface area contributed by atoms with Gasteiger partial charge in [-0.05, 0) is 25.0 Å². The van der Waals surface area contributed by atoms with Crippen molar-refractivity contribution in [2.45, 2.75) is 32.1 Å². The van der Waals surface area contributed by atoms with Gasteiger partial charge < -0.3 is 20.7 Å². The standard InChI is InChI=1S/C19H30N4O2.HI/c1-20-19(23-14-15-25-17-10-6-3-7-11-17)22-13-12-21-18(24)16-8-4-2-5-9-16;/h3,6-7,10-11,16H,2,4-5,8-9,12-15H2,1H3,(H,21,24)(H2,20,22,23);1H. The Labute approximate surface area is 173 Å². The lowest BCUT2D eigenvalue weighted by Gasteiger charge is -2.21. The molecule has 0 radical (unpaired) electrons. The average molecular weight is 474 g/mol. The third-order valence-corrected chi connectivity index (χ3v) is 4.32. The molecular formula is C19H31IN4O2. The van der Waals surface area contributed by atoms with E-state index in [1.165, 1.54) is 19.3 Å². The van der Waals surface area contributed by atoms with E-state index < -0.39 is 0 Å². The molecule has 1 saturated carbocycles. The number of amides is 1. The largest absolute Gasteiger partial charge is 0.492 e. The summed E-state index contributed by atoms with van der Waals surface area (Å²) in [6.45, 7) is 2.47. The van der Waals surface area contributed by atoms with Crippen molar-refractivity contribution in [3.8, 4) is 5.75 Å². The number of nitrogens with zero attached hydrogens (tertiary/aromatic N) is 1. The van der Waals surface area contributed by atoms with Crippen molar-refractivity contribution in [2.24, 2.45) is 10.9 Å². The Morgan fingerprint density at radius 3 is 2.38 bits per heavy atom. The Kier molecular flexibility index (Phi) is 11.8. The molecule has 1 amide bonds. The van der Waals surface area contributed by atoms with Crippen LogP contribution in [0.15, 0.2) is 35.3 Å². The number of rotatable bonds is 8. The lowest BCUT2D eigenvalue weighted by Crippen LogP contribution is -2.43. The van der Waals surface area contributed by atoms with Gasteiger partial charge in [0.05, 0.1) is 6.54 Å². The highest BCUT2D eigenvalue weighted by Gasteiger charge is 2.20. The molecule has 0 bridgehead atoms. The molecule has 0 unspecified atom stereocenters. The second-order valence-electron chi connectivity index (χ2n) is 6.21. The summed E-state index contributed by atoms with van der Waals surface area (Å²) >= 11 is 0. The highest BCUT2D eigenvalue weighted by atomic mass is 127. The van der Waals surface area contributed by atoms with E-state index in [1.807, 2.05) is 30.3 Å². The quantitative estimate of drug-likeness (QED) is 0.234. The van der Waals surface area contributed by atoms with Crippen molar-refractivity contribution in [3.63, 3.8) is 0 Å². The Morgan fingerprint density at radius 1 is 1.04 bits per heavy atom. The zero-order chi connectivity index (χ0) is 17.7. The Hall–Kier alpha value is -1.51. The van der Waals surface area contributed by atoms with Crippen LogP contribution in [0.3, 0.4) is 0 Å². The third-order valence-electron chi connectivity index (χ3n) is 4.32. The van der Waals surface area contributed by atoms with Gasteiger partial charge in [0.2, 0.25) is 5.91 Å². The molecule has 0 atom stereocenters. The maximum absolute atomic E-state index is 12.1. The third kappa shape index (κ3) is 8.73. The van der Waals surface area contributed by atoms with Gasteiger partial charge in [-0.15, -0.1) is 24.0 Å². The number of para-hydroxylation sites is 1. The van der Waals surface area contributed by atoms with Gasteiger partial charge in [-0.25, -0.2) is 0 Å². The summed E-state index contributed by atoms with van der Waals surface area (Å²) in [7, 11) is 1.73. The predicted octanol–water partition coefficient (Wildman–Crippen LogP) is 2.54. The summed E-state index contributed by atoms with van der Waals surface area (Å²) in [6.07, 6.45) is 5.69. The second-order valence-corrected chi connectivity index (χ2v) is 6.21. The summed E-state index contributed by atoms with van der Waals surface area (Å²) in [5.41, 5.74) is 0. The molecule has 2 rings (SSSR count). The van der Waals surface area contributed by atoms with Gasteiger partial charge in [-0.3, -0.25) is 9.79 Å².